The van der Waals surface area contributed by atoms with E-state index in [1.165, 1.54) is 40.1 Å². The number of nitrogens with one attached hydrogen (secondary N) is 2. The first-order valence-electron chi connectivity index (χ1n) is 12.8. The normalized spacial score (nSPS) is 11.8. The predicted octanol–water partition coefficient (Wildman–Crippen LogP) is 5.62. The van der Waals surface area contributed by atoms with E-state index in [0.717, 1.165) is 44.5 Å². The zero-order valence-electron chi connectivity index (χ0n) is 24.6. The van der Waals surface area contributed by atoms with Crippen LogP contribution in [0.15, 0.2) is 47.8 Å². The number of rotatable bonds is 11. The molecule has 0 saturated heterocycles. The van der Waals surface area contributed by atoms with Gasteiger partial charge in [0.25, 0.3) is 0 Å². The Morgan fingerprint density at radius 2 is 0.769 bits per heavy atom. The zero-order chi connectivity index (χ0) is 28.9. The minimum atomic E-state index is -0.458. The van der Waals surface area contributed by atoms with Gasteiger partial charge in [0.1, 0.15) is 0 Å². The molecule has 0 aliphatic heterocycles. The summed E-state index contributed by atoms with van der Waals surface area (Å²) in [6.45, 7) is 17.7. The smallest absolute Gasteiger partial charge is 0.164 e. The third kappa shape index (κ3) is 8.34. The molecule has 0 bridgehead atoms. The van der Waals surface area contributed by atoms with Crippen LogP contribution in [0.1, 0.15) is 84.3 Å². The summed E-state index contributed by atoms with van der Waals surface area (Å²) >= 11 is 0. The van der Waals surface area contributed by atoms with Crippen LogP contribution in [0, 0.1) is 41.5 Å². The van der Waals surface area contributed by atoms with Crippen LogP contribution >= 0.6 is 0 Å². The van der Waals surface area contributed by atoms with Crippen LogP contribution in [0.4, 0.5) is 0 Å². The predicted molar refractivity (Wildman–Crippen MR) is 152 cm³/mol. The van der Waals surface area contributed by atoms with Crippen molar-refractivity contribution < 1.29 is 36.0 Å². The number of Topliss-reactive ketones (excluding diaryl/α,β-unsaturated/α-hetero) is 4. The van der Waals surface area contributed by atoms with Gasteiger partial charge in [0.05, 0.1) is 23.2 Å². The second-order valence-electron chi connectivity index (χ2n) is 10.3. The third-order valence-electron chi connectivity index (χ3n) is 6.76. The summed E-state index contributed by atoms with van der Waals surface area (Å²) in [4.78, 5) is 48.9. The number of aryl methyl sites for hydroxylation is 6. The fraction of sp³-hybridized carbons (Fsp3) is 0.375. The summed E-state index contributed by atoms with van der Waals surface area (Å²) < 4.78 is 0. The van der Waals surface area contributed by atoms with Gasteiger partial charge in [0.2, 0.25) is 0 Å². The summed E-state index contributed by atoms with van der Waals surface area (Å²) in [5, 5.41) is 6.77. The molecule has 0 fully saturated rings. The van der Waals surface area contributed by atoms with Crippen molar-refractivity contribution in [1.82, 2.24) is 10.6 Å². The van der Waals surface area contributed by atoms with Crippen LogP contribution in [0.2, 0.25) is 0 Å². The molecule has 0 unspecified atom stereocenters. The van der Waals surface area contributed by atoms with Crippen molar-refractivity contribution in [2.45, 2.75) is 81.3 Å². The molecule has 0 aliphatic rings. The van der Waals surface area contributed by atoms with Gasteiger partial charge in [-0.15, -0.1) is 0 Å². The van der Waals surface area contributed by atoms with Crippen LogP contribution in [0.3, 0.4) is 0 Å². The Labute approximate surface area is 242 Å². The Balaban J connectivity index is 0.00000760. The second kappa shape index (κ2) is 14.2. The van der Waals surface area contributed by atoms with E-state index in [9.17, 15) is 19.2 Å². The molecule has 7 heteroatoms. The molecule has 2 atom stereocenters. The van der Waals surface area contributed by atoms with E-state index in [1.54, 1.807) is 0 Å². The number of carbonyl (C=O) groups excluding carboxylic acids is 4. The van der Waals surface area contributed by atoms with Crippen molar-refractivity contribution in [3.8, 4) is 0 Å². The van der Waals surface area contributed by atoms with Crippen molar-refractivity contribution in [2.24, 2.45) is 0 Å². The van der Waals surface area contributed by atoms with E-state index in [2.05, 4.69) is 34.9 Å². The summed E-state index contributed by atoms with van der Waals surface area (Å²) in [5.74, 6) is -1.32. The molecule has 0 amide bonds. The van der Waals surface area contributed by atoms with E-state index >= 15 is 0 Å². The van der Waals surface area contributed by atoms with Gasteiger partial charge in [-0.3, -0.25) is 19.2 Å². The van der Waals surface area contributed by atoms with Crippen molar-refractivity contribution in [3.63, 3.8) is 0 Å². The quantitative estimate of drug-likeness (QED) is 0.205. The first kappa shape index (κ1) is 33.7. The Kier molecular flexibility index (Phi) is 12.3. The van der Waals surface area contributed by atoms with E-state index in [4.69, 9.17) is 0 Å². The standard InChI is InChI=1S/C32H40N2O4.Co/c1-17-11-19(3)29(20(4)12-17)31(33-15-27(23(7)35)24(8)36)32(34-16-28(25(9)37)26(10)38)30-21(5)13-18(2)14-22(30)6;/h11-16,31-34H,1-10H3;/t31-,32-;/m1./s1. The molecule has 2 N–H and O–H groups in total. The van der Waals surface area contributed by atoms with Crippen molar-refractivity contribution >= 4 is 23.1 Å². The van der Waals surface area contributed by atoms with E-state index in [0.29, 0.717) is 0 Å². The Hall–Kier alpha value is -3.29. The Morgan fingerprint density at radius 1 is 0.538 bits per heavy atom. The minimum absolute atomic E-state index is 0. The minimum Gasteiger partial charge on any atom is -0.381 e. The van der Waals surface area contributed by atoms with E-state index in [1.807, 2.05) is 41.5 Å². The summed E-state index contributed by atoms with van der Waals surface area (Å²) in [7, 11) is 0. The van der Waals surface area contributed by atoms with Crippen LogP contribution in [-0.4, -0.2) is 23.1 Å². The van der Waals surface area contributed by atoms with Crippen molar-refractivity contribution in [3.05, 3.63) is 92.3 Å². The number of hydrogen-bond acceptors (Lipinski definition) is 6. The molecular formula is C32H40CoN2O4. The molecular weight excluding hydrogens is 535 g/mol. The van der Waals surface area contributed by atoms with Gasteiger partial charge in [-0.2, -0.15) is 0 Å². The van der Waals surface area contributed by atoms with Crippen LogP contribution in [-0.2, 0) is 36.0 Å². The molecule has 211 valence electrons. The Bertz CT molecular complexity index is 1170. The van der Waals surface area contributed by atoms with Gasteiger partial charge in [-0.1, -0.05) is 35.4 Å². The van der Waals surface area contributed by atoms with E-state index < -0.39 is 12.1 Å². The third-order valence-corrected chi connectivity index (χ3v) is 6.76. The molecule has 2 aromatic carbocycles. The molecule has 2 aromatic rings. The summed E-state index contributed by atoms with van der Waals surface area (Å²) in [6, 6.07) is 7.46. The molecule has 1 radical (unpaired) electrons. The number of benzene rings is 2. The molecule has 0 heterocycles. The van der Waals surface area contributed by atoms with Gasteiger partial charge in [-0.25, -0.2) is 0 Å². The molecule has 39 heavy (non-hydrogen) atoms. The first-order valence-corrected chi connectivity index (χ1v) is 12.8. The molecule has 6 nitrogen and oxygen atoms in total. The number of ketones is 4. The van der Waals surface area contributed by atoms with Crippen LogP contribution in [0.25, 0.3) is 0 Å². The van der Waals surface area contributed by atoms with Crippen LogP contribution < -0.4 is 10.6 Å². The molecule has 0 saturated carbocycles. The Morgan fingerprint density at radius 3 is 0.974 bits per heavy atom. The van der Waals surface area contributed by atoms with Gasteiger partial charge in [0, 0.05) is 29.2 Å². The van der Waals surface area contributed by atoms with Crippen molar-refractivity contribution in [2.75, 3.05) is 0 Å². The first-order chi connectivity index (χ1) is 17.6. The van der Waals surface area contributed by atoms with Gasteiger partial charge in [0.15, 0.2) is 23.1 Å². The van der Waals surface area contributed by atoms with E-state index in [-0.39, 0.29) is 51.1 Å². The van der Waals surface area contributed by atoms with Gasteiger partial charge >= 0.3 is 0 Å². The topological polar surface area (TPSA) is 92.3 Å². The maximum Gasteiger partial charge on any atom is 0.164 e. The maximum atomic E-state index is 12.2. The number of hydrogen-bond donors (Lipinski definition) is 2. The zero-order valence-corrected chi connectivity index (χ0v) is 25.6. The van der Waals surface area contributed by atoms with Gasteiger partial charge < -0.3 is 10.6 Å². The summed E-state index contributed by atoms with van der Waals surface area (Å²) in [6.07, 6.45) is 2.98. The number of carbonyl (C=O) groups is 4. The molecule has 2 rings (SSSR count). The number of allylic oxidation sites excluding steroid dienone is 2. The molecule has 0 aliphatic carbocycles. The average Bonchev–Trinajstić information content (AvgIpc) is 2.74. The van der Waals surface area contributed by atoms with Crippen molar-refractivity contribution in [1.29, 1.82) is 0 Å². The average molecular weight is 576 g/mol. The SMILES string of the molecule is CC(=O)C(=CN[C@H](c1c(C)cc(C)cc1C)[C@H](NC=C(C(C)=O)C(C)=O)c1c(C)cc(C)cc1C)C(C)=O.[Co]. The fourth-order valence-corrected chi connectivity index (χ4v) is 5.30. The van der Waals surface area contributed by atoms with Crippen LogP contribution in [0.5, 0.6) is 0 Å². The largest absolute Gasteiger partial charge is 0.381 e. The summed E-state index contributed by atoms with van der Waals surface area (Å²) in [5.41, 5.74) is 8.52. The molecule has 0 spiro atoms. The fourth-order valence-electron chi connectivity index (χ4n) is 5.30. The maximum absolute atomic E-state index is 12.2. The second-order valence-corrected chi connectivity index (χ2v) is 10.3. The van der Waals surface area contributed by atoms with Gasteiger partial charge in [-0.05, 0) is 103 Å². The monoisotopic (exact) mass is 575 g/mol. The molecule has 0 aromatic heterocycles.